The quantitative estimate of drug-likeness (QED) is 0.256. The van der Waals surface area contributed by atoms with Gasteiger partial charge < -0.3 is 15.1 Å². The summed E-state index contributed by atoms with van der Waals surface area (Å²) in [6.45, 7) is 8.82. The van der Waals surface area contributed by atoms with Gasteiger partial charge in [-0.1, -0.05) is 73.4 Å². The number of aromatic hydroxyl groups is 2. The average Bonchev–Trinajstić information content (AvgIpc) is 2.79. The largest absolute Gasteiger partial charge is 0.508 e. The molecule has 2 N–H and O–H groups in total. The van der Waals surface area contributed by atoms with Crippen LogP contribution in [0.1, 0.15) is 86.8 Å². The van der Waals surface area contributed by atoms with Crippen molar-refractivity contribution in [3.63, 3.8) is 0 Å². The molecule has 184 valence electrons. The lowest BCUT2D eigenvalue weighted by atomic mass is 9.94. The van der Waals surface area contributed by atoms with E-state index in [-0.39, 0.29) is 17.4 Å². The molecule has 0 fully saturated rings. The summed E-state index contributed by atoms with van der Waals surface area (Å²) in [7, 11) is 1.75. The van der Waals surface area contributed by atoms with Crippen LogP contribution in [0.3, 0.4) is 0 Å². The third kappa shape index (κ3) is 8.09. The lowest BCUT2D eigenvalue weighted by molar-refractivity contribution is 0.0780. The number of hydrogen-bond donors (Lipinski definition) is 2. The summed E-state index contributed by atoms with van der Waals surface area (Å²) < 4.78 is 0. The molecule has 0 aliphatic carbocycles. The lowest BCUT2D eigenvalue weighted by Crippen LogP contribution is -2.27. The molecule has 0 aromatic heterocycles. The van der Waals surface area contributed by atoms with E-state index in [1.165, 1.54) is 11.1 Å². The molecule has 0 bridgehead atoms. The van der Waals surface area contributed by atoms with Gasteiger partial charge in [0, 0.05) is 19.2 Å². The molecule has 2 rings (SSSR count). The summed E-state index contributed by atoms with van der Waals surface area (Å²) in [4.78, 5) is 15.1. The summed E-state index contributed by atoms with van der Waals surface area (Å²) in [6, 6.07) is 11.5. The van der Waals surface area contributed by atoms with Crippen LogP contribution in [-0.4, -0.2) is 28.1 Å². The minimum absolute atomic E-state index is 0.0552. The summed E-state index contributed by atoms with van der Waals surface area (Å²) >= 11 is 0. The van der Waals surface area contributed by atoms with Crippen molar-refractivity contribution < 1.29 is 15.0 Å². The van der Waals surface area contributed by atoms with Crippen LogP contribution in [0.2, 0.25) is 0 Å². The molecular formula is C30H41NO3. The van der Waals surface area contributed by atoms with Gasteiger partial charge in [-0.3, -0.25) is 4.79 Å². The maximum Gasteiger partial charge on any atom is 0.257 e. The van der Waals surface area contributed by atoms with Gasteiger partial charge in [0.05, 0.1) is 5.56 Å². The number of phenolic OH excluding ortho intramolecular Hbond substituents is 2. The van der Waals surface area contributed by atoms with Gasteiger partial charge in [-0.05, 0) is 70.1 Å². The Bertz CT molecular complexity index is 1000. The Balaban J connectivity index is 2.35. The Hall–Kier alpha value is -3.01. The highest BCUT2D eigenvalue weighted by Crippen LogP contribution is 2.36. The van der Waals surface area contributed by atoms with Gasteiger partial charge >= 0.3 is 0 Å². The number of rotatable bonds is 12. The van der Waals surface area contributed by atoms with Crippen molar-refractivity contribution >= 4 is 5.91 Å². The minimum Gasteiger partial charge on any atom is -0.508 e. The number of carbonyl (C=O) groups excluding carboxylic acids is 1. The molecule has 0 atom stereocenters. The van der Waals surface area contributed by atoms with Crippen LogP contribution in [0.15, 0.2) is 59.7 Å². The topological polar surface area (TPSA) is 60.8 Å². The monoisotopic (exact) mass is 463 g/mol. The first-order valence-electron chi connectivity index (χ1n) is 12.4. The predicted molar refractivity (Wildman–Crippen MR) is 141 cm³/mol. The minimum atomic E-state index is -0.224. The number of phenols is 2. The fourth-order valence-corrected chi connectivity index (χ4v) is 4.04. The molecule has 0 radical (unpaired) electrons. The highest BCUT2D eigenvalue weighted by Gasteiger charge is 2.24. The number of allylic oxidation sites excluding steroid dienone is 4. The molecule has 0 saturated carbocycles. The van der Waals surface area contributed by atoms with Crippen molar-refractivity contribution in [2.75, 3.05) is 7.05 Å². The molecule has 0 aliphatic rings. The van der Waals surface area contributed by atoms with Crippen LogP contribution in [-0.2, 0) is 19.4 Å². The third-order valence-electron chi connectivity index (χ3n) is 6.08. The second-order valence-corrected chi connectivity index (χ2v) is 9.44. The summed E-state index contributed by atoms with van der Waals surface area (Å²) in [5.41, 5.74) is 4.96. The highest BCUT2D eigenvalue weighted by molar-refractivity contribution is 5.99. The van der Waals surface area contributed by atoms with Crippen molar-refractivity contribution in [3.8, 4) is 11.5 Å². The van der Waals surface area contributed by atoms with E-state index in [9.17, 15) is 15.0 Å². The van der Waals surface area contributed by atoms with E-state index in [1.807, 2.05) is 36.4 Å². The summed E-state index contributed by atoms with van der Waals surface area (Å²) in [5.74, 6) is -0.261. The molecule has 0 spiro atoms. The smallest absolute Gasteiger partial charge is 0.257 e. The van der Waals surface area contributed by atoms with Crippen LogP contribution >= 0.6 is 0 Å². The van der Waals surface area contributed by atoms with Gasteiger partial charge in [0.2, 0.25) is 0 Å². The van der Waals surface area contributed by atoms with Crippen LogP contribution in [0, 0.1) is 0 Å². The SMILES string of the molecule is CCCCCc1cc(O)c(CC=C(C)CCC=C(C)C)c(O)c1C(=O)N(C)Cc1ccccc1. The van der Waals surface area contributed by atoms with E-state index < -0.39 is 0 Å². The molecule has 0 saturated heterocycles. The van der Waals surface area contributed by atoms with E-state index in [4.69, 9.17) is 0 Å². The van der Waals surface area contributed by atoms with Gasteiger partial charge in [-0.2, -0.15) is 0 Å². The van der Waals surface area contributed by atoms with E-state index in [0.29, 0.717) is 36.1 Å². The van der Waals surface area contributed by atoms with Gasteiger partial charge in [0.15, 0.2) is 0 Å². The Labute approximate surface area is 205 Å². The lowest BCUT2D eigenvalue weighted by Gasteiger charge is -2.22. The number of benzene rings is 2. The first-order chi connectivity index (χ1) is 16.2. The number of nitrogens with zero attached hydrogens (tertiary/aromatic N) is 1. The standard InChI is InChI=1S/C30H41NO3/c1-6-7-9-17-25-20-27(32)26(19-18-23(4)14-12-13-22(2)3)29(33)28(25)30(34)31(5)21-24-15-10-8-11-16-24/h8,10-11,13,15-16,18,20,32-33H,6-7,9,12,14,17,19,21H2,1-5H3. The molecule has 0 aliphatic heterocycles. The fourth-order valence-electron chi connectivity index (χ4n) is 4.04. The fraction of sp³-hybridized carbons (Fsp3) is 0.433. The average molecular weight is 464 g/mol. The van der Waals surface area contributed by atoms with Crippen molar-refractivity contribution in [2.24, 2.45) is 0 Å². The third-order valence-corrected chi connectivity index (χ3v) is 6.08. The van der Waals surface area contributed by atoms with E-state index >= 15 is 0 Å². The van der Waals surface area contributed by atoms with Crippen molar-refractivity contribution in [1.29, 1.82) is 0 Å². The second kappa shape index (κ2) is 13.6. The van der Waals surface area contributed by atoms with Crippen molar-refractivity contribution in [1.82, 2.24) is 4.90 Å². The van der Waals surface area contributed by atoms with Crippen molar-refractivity contribution in [2.45, 2.75) is 79.2 Å². The number of aryl methyl sites for hydroxylation is 1. The zero-order valence-corrected chi connectivity index (χ0v) is 21.5. The Kier molecular flexibility index (Phi) is 10.9. The predicted octanol–water partition coefficient (Wildman–Crippen LogP) is 7.34. The Morgan fingerprint density at radius 2 is 1.74 bits per heavy atom. The summed E-state index contributed by atoms with van der Waals surface area (Å²) in [5, 5.41) is 22.0. The van der Waals surface area contributed by atoms with Crippen LogP contribution in [0.5, 0.6) is 11.5 Å². The number of amides is 1. The van der Waals surface area contributed by atoms with E-state index in [1.54, 1.807) is 18.0 Å². The number of carbonyl (C=O) groups is 1. The van der Waals surface area contributed by atoms with Crippen molar-refractivity contribution in [3.05, 3.63) is 82.0 Å². The first kappa shape index (κ1) is 27.2. The molecule has 0 heterocycles. The number of hydrogen-bond acceptors (Lipinski definition) is 3. The number of unbranched alkanes of at least 4 members (excludes halogenated alkanes) is 2. The molecular weight excluding hydrogens is 422 g/mol. The highest BCUT2D eigenvalue weighted by atomic mass is 16.3. The molecule has 2 aromatic carbocycles. The Morgan fingerprint density at radius 3 is 2.38 bits per heavy atom. The van der Waals surface area contributed by atoms with Crippen LogP contribution in [0.25, 0.3) is 0 Å². The van der Waals surface area contributed by atoms with E-state index in [2.05, 4.69) is 33.8 Å². The zero-order chi connectivity index (χ0) is 25.1. The zero-order valence-electron chi connectivity index (χ0n) is 21.5. The van der Waals surface area contributed by atoms with Crippen LogP contribution in [0.4, 0.5) is 0 Å². The molecule has 1 amide bonds. The molecule has 4 heteroatoms. The first-order valence-corrected chi connectivity index (χ1v) is 12.4. The summed E-state index contributed by atoms with van der Waals surface area (Å²) in [6.07, 6.45) is 10.2. The molecule has 34 heavy (non-hydrogen) atoms. The maximum atomic E-state index is 13.5. The van der Waals surface area contributed by atoms with E-state index in [0.717, 1.165) is 37.7 Å². The second-order valence-electron chi connectivity index (χ2n) is 9.44. The normalized spacial score (nSPS) is 11.4. The van der Waals surface area contributed by atoms with Gasteiger partial charge in [0.1, 0.15) is 11.5 Å². The van der Waals surface area contributed by atoms with Gasteiger partial charge in [0.25, 0.3) is 5.91 Å². The van der Waals surface area contributed by atoms with Gasteiger partial charge in [-0.25, -0.2) is 0 Å². The van der Waals surface area contributed by atoms with Crippen LogP contribution < -0.4 is 0 Å². The Morgan fingerprint density at radius 1 is 1.03 bits per heavy atom. The van der Waals surface area contributed by atoms with Gasteiger partial charge in [-0.15, -0.1) is 0 Å². The molecule has 0 unspecified atom stereocenters. The molecule has 4 nitrogen and oxygen atoms in total. The maximum absolute atomic E-state index is 13.5. The molecule has 2 aromatic rings.